The second kappa shape index (κ2) is 5.23. The second-order valence-corrected chi connectivity index (χ2v) is 6.12. The molecule has 0 saturated carbocycles. The lowest BCUT2D eigenvalue weighted by atomic mass is 10.2. The van der Waals surface area contributed by atoms with Crippen LogP contribution in [0.1, 0.15) is 6.42 Å². The Morgan fingerprint density at radius 3 is 2.88 bits per heavy atom. The minimum absolute atomic E-state index is 0.160. The molecule has 0 radical (unpaired) electrons. The summed E-state index contributed by atoms with van der Waals surface area (Å²) in [5.41, 5.74) is 0.829. The van der Waals surface area contributed by atoms with E-state index in [4.69, 9.17) is 11.6 Å². The Hall–Kier alpha value is 0.190. The van der Waals surface area contributed by atoms with E-state index in [0.717, 1.165) is 21.1 Å². The van der Waals surface area contributed by atoms with Gasteiger partial charge in [-0.1, -0.05) is 27.5 Å². The topological polar surface area (TPSA) is 20.3 Å². The zero-order chi connectivity index (χ0) is 11.7. The summed E-state index contributed by atoms with van der Waals surface area (Å²) in [4.78, 5) is 13.6. The zero-order valence-corrected chi connectivity index (χ0v) is 12.9. The number of rotatable bonds is 2. The van der Waals surface area contributed by atoms with E-state index in [2.05, 4.69) is 38.5 Å². The van der Waals surface area contributed by atoms with Gasteiger partial charge in [-0.3, -0.25) is 4.79 Å². The molecule has 1 aromatic carbocycles. The maximum Gasteiger partial charge on any atom is 0.227 e. The average molecular weight is 414 g/mol. The molecule has 0 bridgehead atoms. The van der Waals surface area contributed by atoms with Gasteiger partial charge in [-0.15, -0.1) is 0 Å². The van der Waals surface area contributed by atoms with Crippen molar-refractivity contribution in [2.45, 2.75) is 6.42 Å². The number of carbonyl (C=O) groups excluding carboxylic acids is 1. The van der Waals surface area contributed by atoms with Crippen LogP contribution < -0.4 is 4.90 Å². The lowest BCUT2D eigenvalue weighted by molar-refractivity contribution is -0.117. The van der Waals surface area contributed by atoms with Crippen LogP contribution in [-0.4, -0.2) is 17.8 Å². The molecule has 86 valence electrons. The zero-order valence-electron chi connectivity index (χ0n) is 8.42. The Morgan fingerprint density at radius 1 is 1.56 bits per heavy atom. The van der Waals surface area contributed by atoms with Gasteiger partial charge >= 0.3 is 0 Å². The first-order valence-electron chi connectivity index (χ1n) is 4.93. The van der Waals surface area contributed by atoms with Crippen LogP contribution in [0.5, 0.6) is 0 Å². The van der Waals surface area contributed by atoms with Crippen LogP contribution >= 0.6 is 50.1 Å². The van der Waals surface area contributed by atoms with Crippen LogP contribution in [0, 0.1) is 9.49 Å². The number of hydrogen-bond acceptors (Lipinski definition) is 1. The van der Waals surface area contributed by atoms with E-state index < -0.39 is 0 Å². The highest BCUT2D eigenvalue weighted by Gasteiger charge is 2.30. The number of halogens is 3. The maximum atomic E-state index is 11.8. The number of carbonyl (C=O) groups is 1. The number of anilines is 1. The minimum Gasteiger partial charge on any atom is -0.311 e. The van der Waals surface area contributed by atoms with Crippen molar-refractivity contribution in [1.82, 2.24) is 0 Å². The Labute approximate surface area is 122 Å². The summed E-state index contributed by atoms with van der Waals surface area (Å²) in [7, 11) is 0. The van der Waals surface area contributed by atoms with Crippen LogP contribution in [0.2, 0.25) is 5.02 Å². The van der Waals surface area contributed by atoms with Crippen molar-refractivity contribution in [1.29, 1.82) is 0 Å². The van der Waals surface area contributed by atoms with Gasteiger partial charge in [0.05, 0.1) is 10.7 Å². The van der Waals surface area contributed by atoms with Crippen molar-refractivity contribution in [2.75, 3.05) is 16.8 Å². The highest BCUT2D eigenvalue weighted by Crippen LogP contribution is 2.32. The molecule has 0 aromatic heterocycles. The van der Waals surface area contributed by atoms with Crippen molar-refractivity contribution in [3.05, 3.63) is 26.8 Å². The van der Waals surface area contributed by atoms with Crippen LogP contribution in [0.15, 0.2) is 18.2 Å². The molecule has 0 spiro atoms. The number of hydrogen-bond donors (Lipinski definition) is 0. The van der Waals surface area contributed by atoms with E-state index in [1.165, 1.54) is 0 Å². The highest BCUT2D eigenvalue weighted by molar-refractivity contribution is 14.1. The SMILES string of the molecule is O=C1CC(CBr)CN1c1ccc(I)cc1Cl. The Kier molecular flexibility index (Phi) is 4.13. The molecule has 2 nitrogen and oxygen atoms in total. The summed E-state index contributed by atoms with van der Waals surface area (Å²) in [6.07, 6.45) is 0.605. The van der Waals surface area contributed by atoms with Crippen molar-refractivity contribution in [2.24, 2.45) is 5.92 Å². The van der Waals surface area contributed by atoms with E-state index in [1.54, 1.807) is 4.90 Å². The average Bonchev–Trinajstić information content (AvgIpc) is 2.60. The van der Waals surface area contributed by atoms with Gasteiger partial charge in [-0.25, -0.2) is 0 Å². The molecule has 1 heterocycles. The normalized spacial score (nSPS) is 20.6. The standard InChI is InChI=1S/C11H10BrClINO/c12-5-7-3-11(16)15(6-7)10-2-1-8(14)4-9(10)13/h1-2,4,7H,3,5-6H2. The van der Waals surface area contributed by atoms with Crippen LogP contribution in [-0.2, 0) is 4.79 Å². The fourth-order valence-electron chi connectivity index (χ4n) is 1.82. The van der Waals surface area contributed by atoms with Gasteiger partial charge in [0.15, 0.2) is 0 Å². The summed E-state index contributed by atoms with van der Waals surface area (Å²) in [6, 6.07) is 5.77. The third kappa shape index (κ3) is 2.54. The second-order valence-electron chi connectivity index (χ2n) is 3.82. The molecule has 1 aliphatic heterocycles. The molecule has 5 heteroatoms. The molecule has 1 aromatic rings. The van der Waals surface area contributed by atoms with E-state index in [-0.39, 0.29) is 5.91 Å². The van der Waals surface area contributed by atoms with Crippen LogP contribution in [0.25, 0.3) is 0 Å². The van der Waals surface area contributed by atoms with Gasteiger partial charge in [-0.2, -0.15) is 0 Å². The van der Waals surface area contributed by atoms with Gasteiger partial charge in [0.1, 0.15) is 0 Å². The first-order valence-corrected chi connectivity index (χ1v) is 7.51. The largest absolute Gasteiger partial charge is 0.311 e. The first-order chi connectivity index (χ1) is 7.61. The van der Waals surface area contributed by atoms with Gasteiger partial charge in [0, 0.05) is 21.9 Å². The monoisotopic (exact) mass is 413 g/mol. The van der Waals surface area contributed by atoms with Crippen molar-refractivity contribution < 1.29 is 4.79 Å². The molecule has 1 atom stereocenters. The Bertz CT molecular complexity index is 426. The fourth-order valence-corrected chi connectivity index (χ4v) is 3.21. The molecule has 2 rings (SSSR count). The van der Waals surface area contributed by atoms with Crippen LogP contribution in [0.4, 0.5) is 5.69 Å². The van der Waals surface area contributed by atoms with E-state index in [0.29, 0.717) is 17.4 Å². The van der Waals surface area contributed by atoms with E-state index >= 15 is 0 Å². The number of nitrogens with zero attached hydrogens (tertiary/aromatic N) is 1. The summed E-state index contributed by atoms with van der Waals surface area (Å²) in [6.45, 7) is 0.754. The number of benzene rings is 1. The van der Waals surface area contributed by atoms with Crippen molar-refractivity contribution >= 4 is 61.7 Å². The van der Waals surface area contributed by atoms with Gasteiger partial charge in [-0.05, 0) is 46.7 Å². The summed E-state index contributed by atoms with van der Waals surface area (Å²) >= 11 is 11.8. The molecule has 1 fully saturated rings. The Morgan fingerprint density at radius 2 is 2.31 bits per heavy atom. The molecular weight excluding hydrogens is 404 g/mol. The van der Waals surface area contributed by atoms with E-state index in [1.807, 2.05) is 18.2 Å². The van der Waals surface area contributed by atoms with Gasteiger partial charge in [0.2, 0.25) is 5.91 Å². The van der Waals surface area contributed by atoms with Gasteiger partial charge in [0.25, 0.3) is 0 Å². The Balaban J connectivity index is 2.28. The summed E-state index contributed by atoms with van der Waals surface area (Å²) in [5, 5.41) is 1.51. The molecule has 1 unspecified atom stereocenters. The third-order valence-electron chi connectivity index (χ3n) is 2.62. The fraction of sp³-hybridized carbons (Fsp3) is 0.364. The minimum atomic E-state index is 0.160. The summed E-state index contributed by atoms with van der Waals surface area (Å²) in [5.74, 6) is 0.551. The lowest BCUT2D eigenvalue weighted by Gasteiger charge is -2.18. The molecule has 1 saturated heterocycles. The maximum absolute atomic E-state index is 11.8. The quantitative estimate of drug-likeness (QED) is 0.534. The summed E-state index contributed by atoms with van der Waals surface area (Å²) < 4.78 is 1.08. The van der Waals surface area contributed by atoms with E-state index in [9.17, 15) is 4.79 Å². The highest BCUT2D eigenvalue weighted by atomic mass is 127. The van der Waals surface area contributed by atoms with Crippen molar-refractivity contribution in [3.63, 3.8) is 0 Å². The van der Waals surface area contributed by atoms with Gasteiger partial charge < -0.3 is 4.90 Å². The number of amides is 1. The molecular formula is C11H10BrClINO. The molecule has 1 amide bonds. The van der Waals surface area contributed by atoms with Crippen LogP contribution in [0.3, 0.4) is 0 Å². The molecule has 0 aliphatic carbocycles. The predicted molar refractivity (Wildman–Crippen MR) is 78.4 cm³/mol. The third-order valence-corrected chi connectivity index (χ3v) is 4.51. The molecule has 1 aliphatic rings. The molecule has 16 heavy (non-hydrogen) atoms. The van der Waals surface area contributed by atoms with Crippen molar-refractivity contribution in [3.8, 4) is 0 Å². The lowest BCUT2D eigenvalue weighted by Crippen LogP contribution is -2.24. The molecule has 0 N–H and O–H groups in total. The number of alkyl halides is 1. The first kappa shape index (κ1) is 12.6. The predicted octanol–water partition coefficient (Wildman–Crippen LogP) is 3.69. The smallest absolute Gasteiger partial charge is 0.227 e.